The van der Waals surface area contributed by atoms with Crippen molar-refractivity contribution in [2.45, 2.75) is 32.7 Å². The smallest absolute Gasteiger partial charge is 0.125 e. The van der Waals surface area contributed by atoms with Crippen LogP contribution in [0.2, 0.25) is 0 Å². The van der Waals surface area contributed by atoms with Crippen LogP contribution in [0.3, 0.4) is 0 Å². The molecule has 0 spiro atoms. The molecule has 1 aliphatic rings. The first kappa shape index (κ1) is 13.2. The van der Waals surface area contributed by atoms with Crippen molar-refractivity contribution in [3.8, 4) is 5.75 Å². The van der Waals surface area contributed by atoms with Gasteiger partial charge in [-0.2, -0.15) is 0 Å². The quantitative estimate of drug-likeness (QED) is 0.893. The summed E-state index contributed by atoms with van der Waals surface area (Å²) in [5, 5.41) is 0. The first-order valence-electron chi connectivity index (χ1n) is 6.81. The fourth-order valence-corrected chi connectivity index (χ4v) is 2.85. The highest BCUT2D eigenvalue weighted by atomic mass is 16.5. The van der Waals surface area contributed by atoms with E-state index in [1.807, 2.05) is 13.0 Å². The maximum atomic E-state index is 6.13. The summed E-state index contributed by atoms with van der Waals surface area (Å²) < 4.78 is 5.46. The van der Waals surface area contributed by atoms with Crippen LogP contribution in [-0.4, -0.2) is 20.2 Å². The van der Waals surface area contributed by atoms with Gasteiger partial charge < -0.3 is 15.4 Å². The first-order valence-corrected chi connectivity index (χ1v) is 6.81. The van der Waals surface area contributed by atoms with Gasteiger partial charge in [0.15, 0.2) is 0 Å². The Balaban J connectivity index is 2.36. The minimum atomic E-state index is -0.00613. The third kappa shape index (κ3) is 2.61. The number of nitrogens with zero attached hydrogens (tertiary/aromatic N) is 1. The van der Waals surface area contributed by atoms with Crippen molar-refractivity contribution >= 4 is 5.69 Å². The second-order valence-corrected chi connectivity index (χ2v) is 5.38. The number of benzene rings is 1. The predicted molar refractivity (Wildman–Crippen MR) is 76.2 cm³/mol. The molecule has 2 atom stereocenters. The second-order valence-electron chi connectivity index (χ2n) is 5.38. The minimum absolute atomic E-state index is 0.00613. The fourth-order valence-electron chi connectivity index (χ4n) is 2.85. The zero-order valence-corrected chi connectivity index (χ0v) is 11.6. The van der Waals surface area contributed by atoms with Gasteiger partial charge >= 0.3 is 0 Å². The monoisotopic (exact) mass is 248 g/mol. The minimum Gasteiger partial charge on any atom is -0.496 e. The van der Waals surface area contributed by atoms with E-state index in [0.29, 0.717) is 0 Å². The topological polar surface area (TPSA) is 38.5 Å². The Morgan fingerprint density at radius 3 is 2.83 bits per heavy atom. The van der Waals surface area contributed by atoms with Crippen LogP contribution < -0.4 is 15.4 Å². The second kappa shape index (κ2) is 5.61. The molecule has 1 unspecified atom stereocenters. The zero-order valence-electron chi connectivity index (χ0n) is 11.6. The Labute approximate surface area is 110 Å². The van der Waals surface area contributed by atoms with Crippen LogP contribution in [0.15, 0.2) is 18.2 Å². The van der Waals surface area contributed by atoms with Gasteiger partial charge in [0.25, 0.3) is 0 Å². The number of hydrogen-bond acceptors (Lipinski definition) is 3. The number of hydrogen-bond donors (Lipinski definition) is 1. The maximum absolute atomic E-state index is 6.13. The van der Waals surface area contributed by atoms with E-state index in [1.165, 1.54) is 18.5 Å². The lowest BCUT2D eigenvalue weighted by Gasteiger charge is -2.35. The van der Waals surface area contributed by atoms with Gasteiger partial charge in [-0.25, -0.2) is 0 Å². The predicted octanol–water partition coefficient (Wildman–Crippen LogP) is 2.95. The van der Waals surface area contributed by atoms with Gasteiger partial charge in [-0.15, -0.1) is 0 Å². The molecule has 0 saturated carbocycles. The van der Waals surface area contributed by atoms with Gasteiger partial charge in [-0.3, -0.25) is 0 Å². The Kier molecular flexibility index (Phi) is 4.12. The van der Waals surface area contributed by atoms with Gasteiger partial charge in [0.2, 0.25) is 0 Å². The maximum Gasteiger partial charge on any atom is 0.125 e. The van der Waals surface area contributed by atoms with Crippen LogP contribution in [0.1, 0.15) is 38.3 Å². The molecule has 1 saturated heterocycles. The van der Waals surface area contributed by atoms with Crippen molar-refractivity contribution < 1.29 is 4.74 Å². The normalized spacial score (nSPS) is 21.8. The summed E-state index contributed by atoms with van der Waals surface area (Å²) in [5.74, 6) is 1.66. The van der Waals surface area contributed by atoms with Crippen molar-refractivity contribution in [1.29, 1.82) is 0 Å². The van der Waals surface area contributed by atoms with E-state index in [1.54, 1.807) is 7.11 Å². The SMILES string of the molecule is COc1cccc(N2CCCC(C)C2)c1[C@@H](C)N. The van der Waals surface area contributed by atoms with E-state index in [2.05, 4.69) is 24.0 Å². The zero-order chi connectivity index (χ0) is 13.1. The van der Waals surface area contributed by atoms with Gasteiger partial charge in [-0.1, -0.05) is 13.0 Å². The molecule has 18 heavy (non-hydrogen) atoms. The number of methoxy groups -OCH3 is 1. The summed E-state index contributed by atoms with van der Waals surface area (Å²) in [6, 6.07) is 6.21. The molecule has 0 aromatic heterocycles. The molecule has 1 aliphatic heterocycles. The molecule has 100 valence electrons. The van der Waals surface area contributed by atoms with Crippen molar-refractivity contribution in [2.75, 3.05) is 25.1 Å². The number of rotatable bonds is 3. The molecule has 0 aliphatic carbocycles. The summed E-state index contributed by atoms with van der Waals surface area (Å²) in [6.45, 7) is 6.58. The molecular weight excluding hydrogens is 224 g/mol. The molecule has 1 fully saturated rings. The van der Waals surface area contributed by atoms with E-state index in [9.17, 15) is 0 Å². The number of piperidine rings is 1. The van der Waals surface area contributed by atoms with Crippen molar-refractivity contribution in [3.05, 3.63) is 23.8 Å². The Bertz CT molecular complexity index is 403. The lowest BCUT2D eigenvalue weighted by molar-refractivity contribution is 0.405. The summed E-state index contributed by atoms with van der Waals surface area (Å²) in [6.07, 6.45) is 2.59. The fraction of sp³-hybridized carbons (Fsp3) is 0.600. The van der Waals surface area contributed by atoms with E-state index in [-0.39, 0.29) is 6.04 Å². The molecule has 1 heterocycles. The van der Waals surface area contributed by atoms with Crippen molar-refractivity contribution in [1.82, 2.24) is 0 Å². The summed E-state index contributed by atoms with van der Waals surface area (Å²) in [7, 11) is 1.71. The van der Waals surface area contributed by atoms with Crippen LogP contribution in [0.4, 0.5) is 5.69 Å². The van der Waals surface area contributed by atoms with Crippen LogP contribution in [0.5, 0.6) is 5.75 Å². The van der Waals surface area contributed by atoms with Crippen LogP contribution in [0.25, 0.3) is 0 Å². The third-order valence-electron chi connectivity index (χ3n) is 3.72. The van der Waals surface area contributed by atoms with Crippen molar-refractivity contribution in [2.24, 2.45) is 11.7 Å². The van der Waals surface area contributed by atoms with Crippen LogP contribution in [-0.2, 0) is 0 Å². The lowest BCUT2D eigenvalue weighted by atomic mass is 9.97. The Hall–Kier alpha value is -1.22. The largest absolute Gasteiger partial charge is 0.496 e. The highest BCUT2D eigenvalue weighted by Gasteiger charge is 2.22. The van der Waals surface area contributed by atoms with Gasteiger partial charge in [0.1, 0.15) is 5.75 Å². The molecule has 2 N–H and O–H groups in total. The molecule has 1 aromatic carbocycles. The molecule has 0 bridgehead atoms. The van der Waals surface area contributed by atoms with E-state index < -0.39 is 0 Å². The Morgan fingerprint density at radius 2 is 2.22 bits per heavy atom. The molecule has 3 nitrogen and oxygen atoms in total. The summed E-state index contributed by atoms with van der Waals surface area (Å²) in [5.41, 5.74) is 8.51. The molecule has 3 heteroatoms. The number of anilines is 1. The lowest BCUT2D eigenvalue weighted by Crippen LogP contribution is -2.35. The highest BCUT2D eigenvalue weighted by molar-refractivity contribution is 5.61. The van der Waals surface area contributed by atoms with E-state index in [0.717, 1.165) is 30.3 Å². The van der Waals surface area contributed by atoms with E-state index >= 15 is 0 Å². The number of nitrogens with two attached hydrogens (primary N) is 1. The van der Waals surface area contributed by atoms with Gasteiger partial charge in [0.05, 0.1) is 7.11 Å². The first-order chi connectivity index (χ1) is 8.63. The standard InChI is InChI=1S/C15H24N2O/c1-11-6-5-9-17(10-11)13-7-4-8-14(18-3)15(13)12(2)16/h4,7-8,11-12H,5-6,9-10,16H2,1-3H3/t11?,12-/m1/s1. The molecule has 2 rings (SSSR count). The third-order valence-corrected chi connectivity index (χ3v) is 3.72. The van der Waals surface area contributed by atoms with Crippen molar-refractivity contribution in [3.63, 3.8) is 0 Å². The molecule has 1 aromatic rings. The average Bonchev–Trinajstić information content (AvgIpc) is 2.37. The van der Waals surface area contributed by atoms with Gasteiger partial charge in [-0.05, 0) is 37.8 Å². The summed E-state index contributed by atoms with van der Waals surface area (Å²) in [4.78, 5) is 2.45. The average molecular weight is 248 g/mol. The highest BCUT2D eigenvalue weighted by Crippen LogP contribution is 2.35. The molecular formula is C15H24N2O. The molecule has 0 radical (unpaired) electrons. The molecule has 0 amide bonds. The van der Waals surface area contributed by atoms with Crippen LogP contribution >= 0.6 is 0 Å². The van der Waals surface area contributed by atoms with E-state index in [4.69, 9.17) is 10.5 Å². The van der Waals surface area contributed by atoms with Crippen LogP contribution in [0, 0.1) is 5.92 Å². The number of ether oxygens (including phenoxy) is 1. The Morgan fingerprint density at radius 1 is 1.44 bits per heavy atom. The van der Waals surface area contributed by atoms with Gasteiger partial charge in [0, 0.05) is 30.4 Å². The summed E-state index contributed by atoms with van der Waals surface area (Å²) >= 11 is 0.